The summed E-state index contributed by atoms with van der Waals surface area (Å²) in [7, 11) is 1.49. The van der Waals surface area contributed by atoms with E-state index in [4.69, 9.17) is 56.8 Å². The van der Waals surface area contributed by atoms with Crippen molar-refractivity contribution in [1.29, 1.82) is 0 Å². The Morgan fingerprint density at radius 3 is 1.61 bits per heavy atom. The summed E-state index contributed by atoms with van der Waals surface area (Å²) in [4.78, 5) is 24.1. The Bertz CT molecular complexity index is 1820. The largest absolute Gasteiger partial charge is 0.497 e. The van der Waals surface area contributed by atoms with Crippen molar-refractivity contribution in [3.63, 3.8) is 0 Å². The van der Waals surface area contributed by atoms with E-state index in [2.05, 4.69) is 5.32 Å². The summed E-state index contributed by atoms with van der Waals surface area (Å²) in [6.45, 7) is -2.75. The van der Waals surface area contributed by atoms with Crippen LogP contribution in [-0.2, 0) is 57.0 Å². The van der Waals surface area contributed by atoms with Gasteiger partial charge >= 0.3 is 5.97 Å². The summed E-state index contributed by atoms with van der Waals surface area (Å²) in [5.41, 5.74) is 0. The highest BCUT2D eigenvalue weighted by Crippen LogP contribution is 2.35. The minimum absolute atomic E-state index is 0.0642. The normalized spacial score (nSPS) is 44.1. The van der Waals surface area contributed by atoms with Crippen molar-refractivity contribution in [2.24, 2.45) is 0 Å². The van der Waals surface area contributed by atoms with Crippen LogP contribution in [0.15, 0.2) is 24.3 Å². The number of aliphatic hydroxyl groups excluding tert-OH is 14. The lowest BCUT2D eigenvalue weighted by molar-refractivity contribution is -0.386. The van der Waals surface area contributed by atoms with Crippen LogP contribution in [0.2, 0.25) is 0 Å². The molecule has 0 bridgehead atoms. The Morgan fingerprint density at radius 2 is 1.00 bits per heavy atom. The number of carboxylic acid groups (broad SMARTS) is 1. The van der Waals surface area contributed by atoms with E-state index in [0.717, 1.165) is 6.92 Å². The van der Waals surface area contributed by atoms with Gasteiger partial charge in [0.2, 0.25) is 5.91 Å². The summed E-state index contributed by atoms with van der Waals surface area (Å²) in [6.07, 6.45) is -46.1. The van der Waals surface area contributed by atoms with Gasteiger partial charge in [-0.25, -0.2) is 4.79 Å². The van der Waals surface area contributed by atoms with Crippen molar-refractivity contribution < 1.29 is 143 Å². The number of aliphatic carboxylic acids is 1. The van der Waals surface area contributed by atoms with Crippen molar-refractivity contribution in [2.45, 2.75) is 160 Å². The Labute approximate surface area is 402 Å². The molecular formula is C41H63NO29. The molecule has 6 rings (SSSR count). The molecule has 5 aliphatic rings. The van der Waals surface area contributed by atoms with E-state index in [1.807, 2.05) is 0 Å². The molecule has 16 N–H and O–H groups in total. The Morgan fingerprint density at radius 1 is 0.507 bits per heavy atom. The van der Waals surface area contributed by atoms with E-state index in [0.29, 0.717) is 11.5 Å². The average Bonchev–Trinajstić information content (AvgIpc) is 3.35. The maximum Gasteiger partial charge on any atom is 0.335 e. The van der Waals surface area contributed by atoms with Gasteiger partial charge in [0.1, 0.15) is 134 Å². The first-order valence-electron chi connectivity index (χ1n) is 22.3. The SMILES string of the molecule is COc1ccc(OCCO[C@@H]2O[C@H](CO)[C@H](O)[C@H](O[C@H]3O[C@H](CO)[C@@H](O)[C@H](O)[C@@H]3O[C@H]3O[C@H](CO[C@H]4O[C@H](CO)[C@H](O[C@@H]5O[C@H](C(=O)O)[C@@H](O)[C@H](O)[C@H]5O)[C@H](O)[C@H]4O)[C@@H](O)[C@H](O)[C@@H]3O)[C@H]2NC(C)=O)cc1. The van der Waals surface area contributed by atoms with Gasteiger partial charge in [-0.05, 0) is 24.3 Å². The van der Waals surface area contributed by atoms with Gasteiger partial charge in [-0.2, -0.15) is 0 Å². The molecule has 25 atom stereocenters. The van der Waals surface area contributed by atoms with Crippen LogP contribution in [0.3, 0.4) is 0 Å². The van der Waals surface area contributed by atoms with Gasteiger partial charge < -0.3 is 139 Å². The minimum atomic E-state index is -2.16. The van der Waals surface area contributed by atoms with Crippen molar-refractivity contribution in [2.75, 3.05) is 46.8 Å². The van der Waals surface area contributed by atoms with E-state index in [1.54, 1.807) is 24.3 Å². The summed E-state index contributed by atoms with van der Waals surface area (Å²) >= 11 is 0. The number of benzene rings is 1. The molecule has 5 fully saturated rings. The molecule has 5 aliphatic heterocycles. The second-order valence-electron chi connectivity index (χ2n) is 17.1. The summed E-state index contributed by atoms with van der Waals surface area (Å²) in [5, 5.41) is 161. The minimum Gasteiger partial charge on any atom is -0.497 e. The first-order valence-corrected chi connectivity index (χ1v) is 22.3. The van der Waals surface area contributed by atoms with Crippen LogP contribution >= 0.6 is 0 Å². The predicted molar refractivity (Wildman–Crippen MR) is 221 cm³/mol. The lowest BCUT2D eigenvalue weighted by Crippen LogP contribution is -2.69. The van der Waals surface area contributed by atoms with Crippen molar-refractivity contribution in [3.05, 3.63) is 24.3 Å². The molecule has 0 saturated carbocycles. The number of carboxylic acids is 1. The zero-order valence-corrected chi connectivity index (χ0v) is 37.9. The lowest BCUT2D eigenvalue weighted by Gasteiger charge is -2.49. The highest BCUT2D eigenvalue weighted by molar-refractivity contribution is 5.73. The van der Waals surface area contributed by atoms with Gasteiger partial charge in [-0.1, -0.05) is 0 Å². The number of carbonyl (C=O) groups excluding carboxylic acids is 1. The fourth-order valence-electron chi connectivity index (χ4n) is 8.41. The average molecular weight is 1030 g/mol. The van der Waals surface area contributed by atoms with E-state index in [9.17, 15) is 86.2 Å². The number of aliphatic hydroxyl groups is 14. The fourth-order valence-corrected chi connectivity index (χ4v) is 8.41. The Hall–Kier alpha value is -3.20. The van der Waals surface area contributed by atoms with Gasteiger partial charge in [-0.3, -0.25) is 4.79 Å². The number of methoxy groups -OCH3 is 1. The molecule has 0 aliphatic carbocycles. The molecule has 1 aromatic carbocycles. The molecule has 0 radical (unpaired) electrons. The van der Waals surface area contributed by atoms with E-state index in [1.165, 1.54) is 7.11 Å². The maximum atomic E-state index is 12.5. The first-order chi connectivity index (χ1) is 33.7. The van der Waals surface area contributed by atoms with Gasteiger partial charge in [-0.15, -0.1) is 0 Å². The second-order valence-corrected chi connectivity index (χ2v) is 17.1. The Kier molecular flexibility index (Phi) is 20.4. The van der Waals surface area contributed by atoms with Crippen molar-refractivity contribution in [1.82, 2.24) is 5.32 Å². The van der Waals surface area contributed by atoms with Crippen LogP contribution in [-0.4, -0.2) is 289 Å². The molecule has 30 nitrogen and oxygen atoms in total. The Balaban J connectivity index is 1.14. The third kappa shape index (κ3) is 13.0. The molecular weight excluding hydrogens is 970 g/mol. The first kappa shape index (κ1) is 57.1. The molecule has 30 heteroatoms. The number of ether oxygens (including phenoxy) is 12. The predicted octanol–water partition coefficient (Wildman–Crippen LogP) is -9.58. The number of hydrogen-bond donors (Lipinski definition) is 16. The van der Waals surface area contributed by atoms with Crippen LogP contribution in [0.4, 0.5) is 0 Å². The number of hydrogen-bond acceptors (Lipinski definition) is 28. The molecule has 0 aromatic heterocycles. The zero-order valence-electron chi connectivity index (χ0n) is 37.9. The molecule has 5 saturated heterocycles. The van der Waals surface area contributed by atoms with E-state index < -0.39 is 192 Å². The molecule has 0 unspecified atom stereocenters. The highest BCUT2D eigenvalue weighted by atomic mass is 16.8. The lowest BCUT2D eigenvalue weighted by atomic mass is 9.95. The van der Waals surface area contributed by atoms with Crippen LogP contribution in [0, 0.1) is 0 Å². The van der Waals surface area contributed by atoms with Crippen molar-refractivity contribution in [3.8, 4) is 11.5 Å². The molecule has 71 heavy (non-hydrogen) atoms. The molecule has 5 heterocycles. The number of nitrogens with one attached hydrogen (secondary N) is 1. The van der Waals surface area contributed by atoms with Crippen LogP contribution < -0.4 is 14.8 Å². The molecule has 1 amide bonds. The third-order valence-electron chi connectivity index (χ3n) is 12.3. The topological polar surface area (TPSA) is 460 Å². The molecule has 1 aromatic rings. The summed E-state index contributed by atoms with van der Waals surface area (Å²) < 4.78 is 67.6. The van der Waals surface area contributed by atoms with E-state index in [-0.39, 0.29) is 13.2 Å². The fraction of sp³-hybridized carbons (Fsp3) is 0.805. The quantitative estimate of drug-likeness (QED) is 0.0539. The van der Waals surface area contributed by atoms with Crippen LogP contribution in [0.5, 0.6) is 11.5 Å². The number of amides is 1. The highest BCUT2D eigenvalue weighted by Gasteiger charge is 2.56. The maximum absolute atomic E-state index is 12.5. The standard InChI is InChI=1S/C41H63NO29/c1-13(46)42-20-33(23(49)17(10-44)64-37(20)62-8-7-61-15-5-3-14(60-2)4-6-15)69-41-35(26(52)21(47)16(9-43)65-41)71-39-29(55)24(50)22(48)19(67-39)12-63-38-31(57)28(54)32(18(11-45)66-38)68-40-30(56)25(51)27(53)34(70-40)36(58)59/h3-6,16-35,37-41,43-45,47-57H,7-12H2,1-2H3,(H,42,46)(H,58,59)/t16-,17-,18-,19-,20-,21-,22-,23+,24+,25+,26+,27+,28-,29+,30-,31-,32+,33-,34+,35+,37-,38+,39-,40-,41-/m1/s1. The number of carbonyl (C=O) groups is 2. The smallest absolute Gasteiger partial charge is 0.335 e. The molecule has 406 valence electrons. The zero-order chi connectivity index (χ0) is 52.0. The van der Waals surface area contributed by atoms with Gasteiger partial charge in [0.05, 0.1) is 40.1 Å². The van der Waals surface area contributed by atoms with Gasteiger partial charge in [0, 0.05) is 6.92 Å². The molecule has 0 spiro atoms. The monoisotopic (exact) mass is 1030 g/mol. The van der Waals surface area contributed by atoms with Crippen LogP contribution in [0.25, 0.3) is 0 Å². The summed E-state index contributed by atoms with van der Waals surface area (Å²) in [6, 6.07) is 5.16. The van der Waals surface area contributed by atoms with Gasteiger partial charge in [0.15, 0.2) is 37.6 Å². The van der Waals surface area contributed by atoms with Crippen molar-refractivity contribution >= 4 is 11.9 Å². The van der Waals surface area contributed by atoms with Crippen LogP contribution in [0.1, 0.15) is 6.92 Å². The van der Waals surface area contributed by atoms with E-state index >= 15 is 0 Å². The third-order valence-corrected chi connectivity index (χ3v) is 12.3. The second kappa shape index (κ2) is 25.4. The number of rotatable bonds is 20. The summed E-state index contributed by atoms with van der Waals surface area (Å²) in [5.74, 6) is -1.40. The van der Waals surface area contributed by atoms with Gasteiger partial charge in [0.25, 0.3) is 0 Å².